The van der Waals surface area contributed by atoms with Gasteiger partial charge < -0.3 is 10.2 Å². The van der Waals surface area contributed by atoms with Gasteiger partial charge >= 0.3 is 5.69 Å². The summed E-state index contributed by atoms with van der Waals surface area (Å²) in [6, 6.07) is 6.19. The zero-order valence-corrected chi connectivity index (χ0v) is 12.9. The number of nitrogens with one attached hydrogen (secondary N) is 1. The van der Waals surface area contributed by atoms with Crippen LogP contribution in [-0.2, 0) is 6.61 Å². The average molecular weight is 374 g/mol. The van der Waals surface area contributed by atoms with Gasteiger partial charge in [0, 0.05) is 22.8 Å². The minimum Gasteiger partial charge on any atom is -0.481 e. The highest BCUT2D eigenvalue weighted by molar-refractivity contribution is 9.10. The van der Waals surface area contributed by atoms with Gasteiger partial charge in [-0.25, -0.2) is 10.8 Å². The molecule has 0 aliphatic heterocycles. The third kappa shape index (κ3) is 3.81. The maximum Gasteiger partial charge on any atom is 0.313 e. The minimum absolute atomic E-state index is 0.116. The number of nitrogen functional groups attached to an aromatic ring is 1. The predicted octanol–water partition coefficient (Wildman–Crippen LogP) is 3.27. The van der Waals surface area contributed by atoms with Gasteiger partial charge in [-0.1, -0.05) is 17.7 Å². The lowest BCUT2D eigenvalue weighted by Crippen LogP contribution is -2.08. The first kappa shape index (κ1) is 15.5. The van der Waals surface area contributed by atoms with Gasteiger partial charge in [0.15, 0.2) is 0 Å². The number of hydrogen-bond acceptors (Lipinski definition) is 6. The molecule has 0 aliphatic rings. The molecular weight excluding hydrogens is 364 g/mol. The second-order valence-electron chi connectivity index (χ2n) is 3.98. The molecule has 1 aromatic heterocycles. The minimum atomic E-state index is -0.550. The Morgan fingerprint density at radius 2 is 2.24 bits per heavy atom. The smallest absolute Gasteiger partial charge is 0.313 e. The molecule has 0 fully saturated rings. The summed E-state index contributed by atoms with van der Waals surface area (Å²) in [6.07, 6.45) is 1.56. The molecule has 0 saturated heterocycles. The number of hydrogen-bond donors (Lipinski definition) is 2. The number of nitrogens with zero attached hydrogens (tertiary/aromatic N) is 2. The number of aromatic nitrogens is 1. The molecule has 1 aromatic carbocycles. The fourth-order valence-corrected chi connectivity index (χ4v) is 2.48. The van der Waals surface area contributed by atoms with Gasteiger partial charge in [0.25, 0.3) is 0 Å². The van der Waals surface area contributed by atoms with E-state index in [9.17, 15) is 10.1 Å². The third-order valence-electron chi connectivity index (χ3n) is 2.54. The molecule has 7 nitrogen and oxygen atoms in total. The van der Waals surface area contributed by atoms with Crippen LogP contribution >= 0.6 is 27.5 Å². The van der Waals surface area contributed by atoms with E-state index in [2.05, 4.69) is 26.3 Å². The van der Waals surface area contributed by atoms with Gasteiger partial charge in [-0.05, 0) is 28.1 Å². The lowest BCUT2D eigenvalue weighted by Gasteiger charge is -2.09. The summed E-state index contributed by atoms with van der Waals surface area (Å²) in [6.45, 7) is 0.124. The van der Waals surface area contributed by atoms with Crippen LogP contribution in [0.15, 0.2) is 34.9 Å². The summed E-state index contributed by atoms with van der Waals surface area (Å²) >= 11 is 9.00. The van der Waals surface area contributed by atoms with E-state index >= 15 is 0 Å². The van der Waals surface area contributed by atoms with Crippen molar-refractivity contribution in [3.8, 4) is 5.75 Å². The van der Waals surface area contributed by atoms with E-state index in [-0.39, 0.29) is 23.1 Å². The van der Waals surface area contributed by atoms with Crippen LogP contribution in [0.1, 0.15) is 5.56 Å². The molecule has 3 N–H and O–H groups in total. The Bertz CT molecular complexity index is 666. The maximum atomic E-state index is 11.0. The van der Waals surface area contributed by atoms with Crippen LogP contribution < -0.4 is 16.0 Å². The van der Waals surface area contributed by atoms with Crippen LogP contribution in [0, 0.1) is 10.1 Å². The molecule has 0 spiro atoms. The molecule has 0 atom stereocenters. The topological polar surface area (TPSA) is 103 Å². The van der Waals surface area contributed by atoms with Crippen LogP contribution in [0.25, 0.3) is 0 Å². The van der Waals surface area contributed by atoms with Crippen molar-refractivity contribution in [2.24, 2.45) is 5.84 Å². The summed E-state index contributed by atoms with van der Waals surface area (Å²) < 4.78 is 5.92. The first-order chi connectivity index (χ1) is 10.0. The van der Waals surface area contributed by atoms with E-state index in [1.54, 1.807) is 18.3 Å². The lowest BCUT2D eigenvalue weighted by molar-refractivity contribution is -0.386. The number of anilines is 1. The average Bonchev–Trinajstić information content (AvgIpc) is 2.46. The van der Waals surface area contributed by atoms with Gasteiger partial charge in [0.1, 0.15) is 12.4 Å². The number of nitro benzene ring substituents is 1. The largest absolute Gasteiger partial charge is 0.481 e. The predicted molar refractivity (Wildman–Crippen MR) is 82.2 cm³/mol. The number of nitrogens with two attached hydrogens (primary N) is 1. The molecule has 0 amide bonds. The molecule has 110 valence electrons. The molecule has 0 aliphatic carbocycles. The van der Waals surface area contributed by atoms with E-state index in [1.165, 1.54) is 12.1 Å². The zero-order valence-electron chi connectivity index (χ0n) is 10.5. The van der Waals surface area contributed by atoms with Gasteiger partial charge in [-0.3, -0.25) is 10.1 Å². The summed E-state index contributed by atoms with van der Waals surface area (Å²) in [5.74, 6) is 5.84. The van der Waals surface area contributed by atoms with Crippen molar-refractivity contribution in [1.29, 1.82) is 0 Å². The Morgan fingerprint density at radius 3 is 2.81 bits per heavy atom. The Labute approximate surface area is 133 Å². The number of hydrazine groups is 1. The number of ether oxygens (including phenoxy) is 1. The summed E-state index contributed by atoms with van der Waals surface area (Å²) in [4.78, 5) is 14.5. The fraction of sp³-hybridized carbons (Fsp3) is 0.0833. The van der Waals surface area contributed by atoms with E-state index < -0.39 is 4.92 Å². The van der Waals surface area contributed by atoms with E-state index in [4.69, 9.17) is 22.2 Å². The molecule has 21 heavy (non-hydrogen) atoms. The summed E-state index contributed by atoms with van der Waals surface area (Å²) in [5.41, 5.74) is 2.94. The number of halogens is 2. The maximum absolute atomic E-state index is 11.0. The highest BCUT2D eigenvalue weighted by Gasteiger charge is 2.20. The van der Waals surface area contributed by atoms with Crippen molar-refractivity contribution >= 4 is 39.0 Å². The van der Waals surface area contributed by atoms with Crippen LogP contribution in [-0.4, -0.2) is 9.91 Å². The fourth-order valence-electron chi connectivity index (χ4n) is 1.58. The van der Waals surface area contributed by atoms with Crippen LogP contribution in [0.5, 0.6) is 5.75 Å². The van der Waals surface area contributed by atoms with Gasteiger partial charge in [-0.15, -0.1) is 0 Å². The van der Waals surface area contributed by atoms with Crippen LogP contribution in [0.3, 0.4) is 0 Å². The molecule has 1 heterocycles. The molecular formula is C12H10BrClN4O3. The number of rotatable bonds is 5. The first-order valence-electron chi connectivity index (χ1n) is 5.69. The molecule has 0 radical (unpaired) electrons. The molecule has 0 unspecified atom stereocenters. The highest BCUT2D eigenvalue weighted by Crippen LogP contribution is 2.38. The third-order valence-corrected chi connectivity index (χ3v) is 3.35. The van der Waals surface area contributed by atoms with Crippen molar-refractivity contribution in [2.45, 2.75) is 6.61 Å². The number of nitro groups is 1. The molecule has 2 aromatic rings. The van der Waals surface area contributed by atoms with Crippen LogP contribution in [0.2, 0.25) is 5.02 Å². The molecule has 2 rings (SSSR count). The Kier molecular flexibility index (Phi) is 4.94. The number of benzene rings is 1. The Balaban J connectivity index is 2.20. The van der Waals surface area contributed by atoms with E-state index in [1.807, 2.05) is 0 Å². The van der Waals surface area contributed by atoms with Crippen molar-refractivity contribution in [3.63, 3.8) is 0 Å². The van der Waals surface area contributed by atoms with E-state index in [0.29, 0.717) is 10.3 Å². The van der Waals surface area contributed by atoms with Gasteiger partial charge in [0.2, 0.25) is 5.75 Å². The standard InChI is InChI=1S/C12H10BrClN4O3/c13-9-3-8(14)4-10(18(19)20)12(9)21-6-7-1-2-11(17-15)16-5-7/h1-5H,6,15H2,(H,16,17). The van der Waals surface area contributed by atoms with Crippen LogP contribution in [0.4, 0.5) is 11.5 Å². The quantitative estimate of drug-likeness (QED) is 0.473. The first-order valence-corrected chi connectivity index (χ1v) is 6.86. The lowest BCUT2D eigenvalue weighted by atomic mass is 10.3. The van der Waals surface area contributed by atoms with Gasteiger partial charge in [-0.2, -0.15) is 0 Å². The SMILES string of the molecule is NNc1ccc(COc2c(Br)cc(Cl)cc2[N+](=O)[O-])cn1. The highest BCUT2D eigenvalue weighted by atomic mass is 79.9. The van der Waals surface area contributed by atoms with Crippen molar-refractivity contribution in [1.82, 2.24) is 4.98 Å². The number of pyridine rings is 1. The van der Waals surface area contributed by atoms with Crippen molar-refractivity contribution in [2.75, 3.05) is 5.43 Å². The molecule has 9 heteroatoms. The van der Waals surface area contributed by atoms with Crippen molar-refractivity contribution in [3.05, 3.63) is 55.6 Å². The summed E-state index contributed by atoms with van der Waals surface area (Å²) in [7, 11) is 0. The normalized spacial score (nSPS) is 10.2. The second kappa shape index (κ2) is 6.70. The monoisotopic (exact) mass is 372 g/mol. The molecule has 0 bridgehead atoms. The second-order valence-corrected chi connectivity index (χ2v) is 5.27. The Morgan fingerprint density at radius 1 is 1.48 bits per heavy atom. The van der Waals surface area contributed by atoms with Gasteiger partial charge in [0.05, 0.1) is 9.40 Å². The zero-order chi connectivity index (χ0) is 15.4. The molecule has 0 saturated carbocycles. The Hall–Kier alpha value is -1.90. The van der Waals surface area contributed by atoms with E-state index in [0.717, 1.165) is 5.56 Å². The van der Waals surface area contributed by atoms with Crippen molar-refractivity contribution < 1.29 is 9.66 Å². The summed E-state index contributed by atoms with van der Waals surface area (Å²) in [5, 5.41) is 11.3.